The number of hydrogen-bond acceptors (Lipinski definition) is 3. The van der Waals surface area contributed by atoms with Crippen molar-refractivity contribution in [3.8, 4) is 0 Å². The van der Waals surface area contributed by atoms with E-state index in [2.05, 4.69) is 5.32 Å². The topological polar surface area (TPSA) is 69.6 Å². The van der Waals surface area contributed by atoms with Gasteiger partial charge in [-0.2, -0.15) is 0 Å². The number of aliphatic hydroxyl groups is 1. The molecule has 0 aromatic carbocycles. The molecule has 0 atom stereocenters. The molecule has 2 amide bonds. The molecule has 1 rings (SSSR count). The van der Waals surface area contributed by atoms with E-state index in [-0.39, 0.29) is 18.4 Å². The normalized spacial score (nSPS) is 19.2. The minimum atomic E-state index is -0.744. The molecule has 0 bridgehead atoms. The highest BCUT2D eigenvalue weighted by atomic mass is 16.3. The summed E-state index contributed by atoms with van der Waals surface area (Å²) in [6.45, 7) is 3.76. The van der Waals surface area contributed by atoms with Gasteiger partial charge in [0, 0.05) is 6.92 Å². The molecule has 1 heterocycles. The zero-order valence-corrected chi connectivity index (χ0v) is 7.83. The lowest BCUT2D eigenvalue weighted by Crippen LogP contribution is -2.63. The highest BCUT2D eigenvalue weighted by molar-refractivity contribution is 5.84. The van der Waals surface area contributed by atoms with Crippen molar-refractivity contribution in [2.45, 2.75) is 19.4 Å². The maximum atomic E-state index is 11.2. The van der Waals surface area contributed by atoms with Crippen molar-refractivity contribution >= 4 is 11.8 Å². The molecule has 0 aromatic rings. The molecule has 1 aliphatic heterocycles. The van der Waals surface area contributed by atoms with Crippen LogP contribution in [0.2, 0.25) is 0 Å². The average Bonchev–Trinajstić information content (AvgIpc) is 1.95. The Bertz CT molecular complexity index is 230. The van der Waals surface area contributed by atoms with Gasteiger partial charge in [-0.15, -0.1) is 0 Å². The van der Waals surface area contributed by atoms with Crippen LogP contribution in [0.1, 0.15) is 13.8 Å². The summed E-state index contributed by atoms with van der Waals surface area (Å²) in [6.07, 6.45) is 0. The van der Waals surface area contributed by atoms with E-state index in [0.717, 1.165) is 0 Å². The number of β-amino-alcohol motifs (C(OH)–C–C–N with tert-alkyl or cyclic N) is 1. The van der Waals surface area contributed by atoms with Crippen LogP contribution in [0.25, 0.3) is 0 Å². The molecule has 1 saturated heterocycles. The number of rotatable bonds is 2. The van der Waals surface area contributed by atoms with Crippen molar-refractivity contribution in [2.75, 3.05) is 19.6 Å². The lowest BCUT2D eigenvalue weighted by molar-refractivity contribution is -0.151. The van der Waals surface area contributed by atoms with Crippen LogP contribution in [0.4, 0.5) is 0 Å². The Morgan fingerprint density at radius 3 is 2.46 bits per heavy atom. The highest BCUT2D eigenvalue weighted by Crippen LogP contribution is 2.18. The van der Waals surface area contributed by atoms with Crippen LogP contribution in [0.3, 0.4) is 0 Å². The van der Waals surface area contributed by atoms with E-state index in [4.69, 9.17) is 0 Å². The summed E-state index contributed by atoms with van der Waals surface area (Å²) in [5.41, 5.74) is -0.744. The van der Waals surface area contributed by atoms with E-state index in [1.807, 2.05) is 0 Å². The number of nitrogens with zero attached hydrogens (tertiary/aromatic N) is 1. The molecule has 0 aromatic heterocycles. The Kier molecular flexibility index (Phi) is 2.56. The molecule has 5 nitrogen and oxygen atoms in total. The quantitative estimate of drug-likeness (QED) is 0.564. The van der Waals surface area contributed by atoms with Crippen molar-refractivity contribution in [3.05, 3.63) is 0 Å². The maximum Gasteiger partial charge on any atom is 0.242 e. The second kappa shape index (κ2) is 3.33. The average molecular weight is 186 g/mol. The number of likely N-dealkylation sites (tertiary alicyclic amines) is 1. The summed E-state index contributed by atoms with van der Waals surface area (Å²) >= 11 is 0. The Labute approximate surface area is 76.7 Å². The predicted molar refractivity (Wildman–Crippen MR) is 45.9 cm³/mol. The summed E-state index contributed by atoms with van der Waals surface area (Å²) in [7, 11) is 0. The summed E-state index contributed by atoms with van der Waals surface area (Å²) < 4.78 is 0. The van der Waals surface area contributed by atoms with Gasteiger partial charge in [0.25, 0.3) is 0 Å². The minimum absolute atomic E-state index is 0.0193. The van der Waals surface area contributed by atoms with E-state index in [9.17, 15) is 14.7 Å². The van der Waals surface area contributed by atoms with Crippen molar-refractivity contribution in [3.63, 3.8) is 0 Å². The van der Waals surface area contributed by atoms with E-state index >= 15 is 0 Å². The number of carbonyl (C=O) groups is 2. The molecule has 1 fully saturated rings. The monoisotopic (exact) mass is 186 g/mol. The zero-order chi connectivity index (χ0) is 10.1. The van der Waals surface area contributed by atoms with Gasteiger partial charge in [0.1, 0.15) is 0 Å². The fraction of sp³-hybridized carbons (Fsp3) is 0.750. The molecule has 0 aliphatic carbocycles. The third-order valence-corrected chi connectivity index (χ3v) is 1.90. The third-order valence-electron chi connectivity index (χ3n) is 1.90. The molecule has 0 unspecified atom stereocenters. The van der Waals surface area contributed by atoms with Crippen molar-refractivity contribution in [2.24, 2.45) is 0 Å². The molecule has 0 spiro atoms. The van der Waals surface area contributed by atoms with Crippen LogP contribution in [-0.2, 0) is 9.59 Å². The summed E-state index contributed by atoms with van der Waals surface area (Å²) in [4.78, 5) is 23.2. The first kappa shape index (κ1) is 9.98. The van der Waals surface area contributed by atoms with E-state index in [1.54, 1.807) is 6.92 Å². The maximum absolute atomic E-state index is 11.2. The smallest absolute Gasteiger partial charge is 0.242 e. The first-order valence-corrected chi connectivity index (χ1v) is 4.15. The molecular weight excluding hydrogens is 172 g/mol. The van der Waals surface area contributed by atoms with E-state index in [1.165, 1.54) is 11.8 Å². The van der Waals surface area contributed by atoms with Gasteiger partial charge in [-0.1, -0.05) is 0 Å². The molecule has 1 aliphatic rings. The minimum Gasteiger partial charge on any atom is -0.386 e. The number of hydrogen-bond donors (Lipinski definition) is 2. The largest absolute Gasteiger partial charge is 0.386 e. The summed E-state index contributed by atoms with van der Waals surface area (Å²) in [5.74, 6) is -0.373. The lowest BCUT2D eigenvalue weighted by atomic mass is 9.97. The van der Waals surface area contributed by atoms with Crippen LogP contribution >= 0.6 is 0 Å². The van der Waals surface area contributed by atoms with Crippen LogP contribution in [0.15, 0.2) is 0 Å². The molecule has 0 saturated carbocycles. The zero-order valence-electron chi connectivity index (χ0n) is 7.83. The van der Waals surface area contributed by atoms with Gasteiger partial charge in [0.2, 0.25) is 11.8 Å². The van der Waals surface area contributed by atoms with Crippen LogP contribution in [0.5, 0.6) is 0 Å². The Hall–Kier alpha value is -1.10. The molecular formula is C8H14N2O3. The van der Waals surface area contributed by atoms with E-state index in [0.29, 0.717) is 13.1 Å². The molecule has 74 valence electrons. The first-order chi connectivity index (χ1) is 5.91. The second-order valence-electron chi connectivity index (χ2n) is 3.66. The third kappa shape index (κ3) is 2.69. The number of carbonyl (C=O) groups excluding carboxylic acids is 2. The molecule has 2 N–H and O–H groups in total. The fourth-order valence-electron chi connectivity index (χ4n) is 1.26. The number of nitrogens with one attached hydrogen (secondary N) is 1. The van der Waals surface area contributed by atoms with Crippen molar-refractivity contribution in [1.29, 1.82) is 0 Å². The van der Waals surface area contributed by atoms with Gasteiger partial charge >= 0.3 is 0 Å². The Morgan fingerprint density at radius 2 is 2.08 bits per heavy atom. The van der Waals surface area contributed by atoms with Gasteiger partial charge in [-0.05, 0) is 6.92 Å². The lowest BCUT2D eigenvalue weighted by Gasteiger charge is -2.44. The van der Waals surface area contributed by atoms with Crippen LogP contribution in [-0.4, -0.2) is 47.1 Å². The summed E-state index contributed by atoms with van der Waals surface area (Å²) in [5, 5.41) is 11.7. The number of amides is 2. The SMILES string of the molecule is CC(=O)NCC(=O)N1CC(C)(O)C1. The molecule has 5 heteroatoms. The van der Waals surface area contributed by atoms with Gasteiger partial charge < -0.3 is 15.3 Å². The van der Waals surface area contributed by atoms with Gasteiger partial charge in [0.05, 0.1) is 25.2 Å². The second-order valence-corrected chi connectivity index (χ2v) is 3.66. The van der Waals surface area contributed by atoms with Crippen molar-refractivity contribution in [1.82, 2.24) is 10.2 Å². The summed E-state index contributed by atoms with van der Waals surface area (Å²) in [6, 6.07) is 0. The predicted octanol–water partition coefficient (Wildman–Crippen LogP) is -1.28. The first-order valence-electron chi connectivity index (χ1n) is 4.15. The standard InChI is InChI=1S/C8H14N2O3/c1-6(11)9-3-7(12)10-4-8(2,13)5-10/h13H,3-5H2,1-2H3,(H,9,11). The van der Waals surface area contributed by atoms with Crippen LogP contribution < -0.4 is 5.32 Å². The van der Waals surface area contributed by atoms with Crippen LogP contribution in [0, 0.1) is 0 Å². The highest BCUT2D eigenvalue weighted by Gasteiger charge is 2.38. The van der Waals surface area contributed by atoms with Gasteiger partial charge in [-0.3, -0.25) is 9.59 Å². The van der Waals surface area contributed by atoms with Gasteiger partial charge in [0.15, 0.2) is 0 Å². The molecule has 13 heavy (non-hydrogen) atoms. The molecule has 0 radical (unpaired) electrons. The van der Waals surface area contributed by atoms with Gasteiger partial charge in [-0.25, -0.2) is 0 Å². The Morgan fingerprint density at radius 1 is 1.54 bits per heavy atom. The van der Waals surface area contributed by atoms with E-state index < -0.39 is 5.60 Å². The fourth-order valence-corrected chi connectivity index (χ4v) is 1.26. The van der Waals surface area contributed by atoms with Crippen molar-refractivity contribution < 1.29 is 14.7 Å². The Balaban J connectivity index is 2.23.